The zero-order valence-electron chi connectivity index (χ0n) is 12.7. The van der Waals surface area contributed by atoms with Gasteiger partial charge in [0.05, 0.1) is 12.2 Å². The van der Waals surface area contributed by atoms with Crippen molar-refractivity contribution in [2.45, 2.75) is 26.2 Å². The van der Waals surface area contributed by atoms with Gasteiger partial charge >= 0.3 is 5.97 Å². The van der Waals surface area contributed by atoms with Crippen molar-refractivity contribution in [3.05, 3.63) is 70.5 Å². The maximum atomic E-state index is 13.5. The maximum absolute atomic E-state index is 13.5. The minimum atomic E-state index is -1.45. The first-order valence-corrected chi connectivity index (χ1v) is 7.35. The maximum Gasteiger partial charge on any atom is 0.338 e. The summed E-state index contributed by atoms with van der Waals surface area (Å²) < 4.78 is 44.4. The van der Waals surface area contributed by atoms with E-state index in [0.717, 1.165) is 11.6 Å². The first-order chi connectivity index (χ1) is 11.0. The van der Waals surface area contributed by atoms with E-state index in [4.69, 9.17) is 4.74 Å². The summed E-state index contributed by atoms with van der Waals surface area (Å²) in [6.45, 7) is 2.12. The summed E-state index contributed by atoms with van der Waals surface area (Å²) in [5.41, 5.74) is 1.64. The summed E-state index contributed by atoms with van der Waals surface area (Å²) in [6.07, 6.45) is 1.27. The Morgan fingerprint density at radius 2 is 1.65 bits per heavy atom. The van der Waals surface area contributed by atoms with Gasteiger partial charge in [0.1, 0.15) is 0 Å². The van der Waals surface area contributed by atoms with E-state index >= 15 is 0 Å². The lowest BCUT2D eigenvalue weighted by atomic mass is 10.1. The van der Waals surface area contributed by atoms with Crippen LogP contribution in [0, 0.1) is 24.4 Å². The molecule has 0 atom stereocenters. The van der Waals surface area contributed by atoms with Gasteiger partial charge in [-0.3, -0.25) is 0 Å². The number of ether oxygens (including phenoxy) is 1. The van der Waals surface area contributed by atoms with Crippen LogP contribution in [0.2, 0.25) is 0 Å². The largest absolute Gasteiger partial charge is 0.462 e. The average molecular weight is 322 g/mol. The standard InChI is InChI=1S/C18H17F3O2/c1-12-5-7-14(8-6-12)18(22)23-11-3-2-4-13-9-10-15(19)17(21)16(13)20/h5-10H,2-4,11H2,1H3. The molecule has 0 radical (unpaired) electrons. The van der Waals surface area contributed by atoms with Gasteiger partial charge < -0.3 is 4.74 Å². The van der Waals surface area contributed by atoms with E-state index in [1.807, 2.05) is 19.1 Å². The molecule has 0 spiro atoms. The molecule has 0 fully saturated rings. The van der Waals surface area contributed by atoms with E-state index in [-0.39, 0.29) is 18.6 Å². The topological polar surface area (TPSA) is 26.3 Å². The molecule has 0 bridgehead atoms. The number of hydrogen-bond acceptors (Lipinski definition) is 2. The van der Waals surface area contributed by atoms with Gasteiger partial charge in [-0.25, -0.2) is 18.0 Å². The molecule has 5 heteroatoms. The SMILES string of the molecule is Cc1ccc(C(=O)OCCCCc2ccc(F)c(F)c2F)cc1. The van der Waals surface area contributed by atoms with Crippen molar-refractivity contribution in [1.82, 2.24) is 0 Å². The molecule has 0 saturated heterocycles. The number of unbranched alkanes of at least 4 members (excludes halogenated alkanes) is 1. The zero-order chi connectivity index (χ0) is 16.8. The smallest absolute Gasteiger partial charge is 0.338 e. The molecule has 0 unspecified atom stereocenters. The Bertz CT molecular complexity index is 681. The monoisotopic (exact) mass is 322 g/mol. The summed E-state index contributed by atoms with van der Waals surface area (Å²) in [5.74, 6) is -4.21. The molecule has 0 saturated carbocycles. The van der Waals surface area contributed by atoms with Gasteiger partial charge in [0.2, 0.25) is 0 Å². The average Bonchev–Trinajstić information content (AvgIpc) is 2.54. The van der Waals surface area contributed by atoms with Crippen LogP contribution in [-0.4, -0.2) is 12.6 Å². The fourth-order valence-electron chi connectivity index (χ4n) is 2.11. The van der Waals surface area contributed by atoms with Crippen molar-refractivity contribution in [2.75, 3.05) is 6.61 Å². The lowest BCUT2D eigenvalue weighted by Crippen LogP contribution is -2.07. The quantitative estimate of drug-likeness (QED) is 0.442. The third kappa shape index (κ3) is 4.58. The molecule has 122 valence electrons. The highest BCUT2D eigenvalue weighted by molar-refractivity contribution is 5.89. The Morgan fingerprint density at radius 3 is 2.35 bits per heavy atom. The number of esters is 1. The summed E-state index contributed by atoms with van der Waals surface area (Å²) in [7, 11) is 0. The Labute approximate surface area is 132 Å². The summed E-state index contributed by atoms with van der Waals surface area (Å²) >= 11 is 0. The molecule has 2 aromatic rings. The number of carbonyl (C=O) groups excluding carboxylic acids is 1. The first-order valence-electron chi connectivity index (χ1n) is 7.35. The van der Waals surface area contributed by atoms with Gasteiger partial charge in [-0.15, -0.1) is 0 Å². The van der Waals surface area contributed by atoms with E-state index in [1.165, 1.54) is 6.07 Å². The highest BCUT2D eigenvalue weighted by atomic mass is 19.2. The minimum absolute atomic E-state index is 0.119. The fraction of sp³-hybridized carbons (Fsp3) is 0.278. The number of benzene rings is 2. The lowest BCUT2D eigenvalue weighted by molar-refractivity contribution is 0.0498. The Hall–Kier alpha value is -2.30. The van der Waals surface area contributed by atoms with Gasteiger partial charge in [0.25, 0.3) is 0 Å². The lowest BCUT2D eigenvalue weighted by Gasteiger charge is -2.06. The van der Waals surface area contributed by atoms with E-state index in [9.17, 15) is 18.0 Å². The molecule has 0 aromatic heterocycles. The summed E-state index contributed by atoms with van der Waals surface area (Å²) in [5, 5.41) is 0. The van der Waals surface area contributed by atoms with Crippen molar-refractivity contribution in [1.29, 1.82) is 0 Å². The van der Waals surface area contributed by atoms with Gasteiger partial charge in [-0.05, 0) is 49.9 Å². The van der Waals surface area contributed by atoms with Crippen molar-refractivity contribution in [3.8, 4) is 0 Å². The molecule has 0 heterocycles. The number of aryl methyl sites for hydroxylation is 2. The second-order valence-corrected chi connectivity index (χ2v) is 5.29. The van der Waals surface area contributed by atoms with Crippen molar-refractivity contribution in [2.24, 2.45) is 0 Å². The van der Waals surface area contributed by atoms with E-state index in [1.54, 1.807) is 12.1 Å². The van der Waals surface area contributed by atoms with E-state index < -0.39 is 23.4 Å². The first kappa shape index (κ1) is 17.1. The van der Waals surface area contributed by atoms with Crippen molar-refractivity contribution >= 4 is 5.97 Å². The van der Waals surface area contributed by atoms with Gasteiger partial charge in [0, 0.05) is 0 Å². The molecule has 0 N–H and O–H groups in total. The summed E-state index contributed by atoms with van der Waals surface area (Å²) in [6, 6.07) is 9.16. The Balaban J connectivity index is 1.75. The minimum Gasteiger partial charge on any atom is -0.462 e. The van der Waals surface area contributed by atoms with Crippen LogP contribution in [-0.2, 0) is 11.2 Å². The molecule has 0 amide bonds. The second kappa shape index (κ2) is 7.81. The van der Waals surface area contributed by atoms with Crippen LogP contribution in [0.1, 0.15) is 34.3 Å². The molecule has 23 heavy (non-hydrogen) atoms. The van der Waals surface area contributed by atoms with Crippen molar-refractivity contribution < 1.29 is 22.7 Å². The van der Waals surface area contributed by atoms with Gasteiger partial charge in [-0.2, -0.15) is 0 Å². The van der Waals surface area contributed by atoms with Crippen LogP contribution in [0.3, 0.4) is 0 Å². The van der Waals surface area contributed by atoms with E-state index in [2.05, 4.69) is 0 Å². The highest BCUT2D eigenvalue weighted by Crippen LogP contribution is 2.17. The number of rotatable bonds is 6. The number of halogens is 3. The van der Waals surface area contributed by atoms with Crippen molar-refractivity contribution in [3.63, 3.8) is 0 Å². The normalized spacial score (nSPS) is 10.6. The predicted octanol–water partition coefficient (Wildman–Crippen LogP) is 4.59. The van der Waals surface area contributed by atoms with Crippen LogP contribution in [0.15, 0.2) is 36.4 Å². The third-order valence-electron chi connectivity index (χ3n) is 3.48. The molecule has 0 aliphatic carbocycles. The predicted molar refractivity (Wildman–Crippen MR) is 80.7 cm³/mol. The van der Waals surface area contributed by atoms with Crippen LogP contribution < -0.4 is 0 Å². The molecule has 2 aromatic carbocycles. The molecular weight excluding hydrogens is 305 g/mol. The van der Waals surface area contributed by atoms with E-state index in [0.29, 0.717) is 18.4 Å². The number of carbonyl (C=O) groups is 1. The fourth-order valence-corrected chi connectivity index (χ4v) is 2.11. The van der Waals surface area contributed by atoms with Crippen LogP contribution >= 0.6 is 0 Å². The van der Waals surface area contributed by atoms with Gasteiger partial charge in [0.15, 0.2) is 17.5 Å². The highest BCUT2D eigenvalue weighted by Gasteiger charge is 2.13. The second-order valence-electron chi connectivity index (χ2n) is 5.29. The zero-order valence-corrected chi connectivity index (χ0v) is 12.7. The molecule has 2 nitrogen and oxygen atoms in total. The van der Waals surface area contributed by atoms with Crippen LogP contribution in [0.5, 0.6) is 0 Å². The van der Waals surface area contributed by atoms with Crippen LogP contribution in [0.25, 0.3) is 0 Å². The molecular formula is C18H17F3O2. The molecule has 0 aliphatic rings. The molecule has 0 aliphatic heterocycles. The summed E-state index contributed by atoms with van der Waals surface area (Å²) in [4.78, 5) is 11.8. The van der Waals surface area contributed by atoms with Crippen LogP contribution in [0.4, 0.5) is 13.2 Å². The third-order valence-corrected chi connectivity index (χ3v) is 3.48. The Morgan fingerprint density at radius 1 is 0.957 bits per heavy atom. The molecule has 2 rings (SSSR count). The number of hydrogen-bond donors (Lipinski definition) is 0. The van der Waals surface area contributed by atoms with Gasteiger partial charge in [-0.1, -0.05) is 23.8 Å². The Kier molecular flexibility index (Phi) is 5.79.